The molecule has 8 N–H and O–H groups in total. The molecule has 31 heavy (non-hydrogen) atoms. The first kappa shape index (κ1) is 25.6. The highest BCUT2D eigenvalue weighted by atomic mass is 35.5. The molecule has 0 aromatic heterocycles. The fourth-order valence-electron chi connectivity index (χ4n) is 2.46. The highest BCUT2D eigenvalue weighted by molar-refractivity contribution is 6.32. The number of methoxy groups -OCH3 is 1. The lowest BCUT2D eigenvalue weighted by molar-refractivity contribution is -0.117. The molecule has 2 aromatic carbocycles. The number of amides is 2. The van der Waals surface area contributed by atoms with Gasteiger partial charge in [0, 0.05) is 31.5 Å². The quantitative estimate of drug-likeness (QED) is 0.264. The van der Waals surface area contributed by atoms with Crippen LogP contribution in [0.5, 0.6) is 17.2 Å². The van der Waals surface area contributed by atoms with Gasteiger partial charge in [-0.1, -0.05) is 30.7 Å². The Morgan fingerprint density at radius 3 is 2.13 bits per heavy atom. The Morgan fingerprint density at radius 1 is 1.10 bits per heavy atom. The fraction of sp³-hybridized carbons (Fsp3) is 0.238. The molecule has 2 aromatic rings. The van der Waals surface area contributed by atoms with Gasteiger partial charge in [-0.3, -0.25) is 9.59 Å². The number of allylic oxidation sites excluding steroid dienone is 1. The molecule has 0 heterocycles. The van der Waals surface area contributed by atoms with Crippen LogP contribution in [-0.4, -0.2) is 36.2 Å². The Labute approximate surface area is 185 Å². The average Bonchev–Trinajstić information content (AvgIpc) is 2.74. The number of hydrogen-bond acceptors (Lipinski definition) is 7. The van der Waals surface area contributed by atoms with Crippen LogP contribution in [-0.2, 0) is 16.0 Å². The molecule has 0 aliphatic heterocycles. The van der Waals surface area contributed by atoms with Crippen molar-refractivity contribution in [1.29, 1.82) is 0 Å². The summed E-state index contributed by atoms with van der Waals surface area (Å²) in [7, 11) is 3.16. The van der Waals surface area contributed by atoms with E-state index in [2.05, 4.69) is 16.6 Å². The second-order valence-electron chi connectivity index (χ2n) is 6.25. The minimum absolute atomic E-state index is 0.0917. The topological polar surface area (TPSA) is 160 Å². The summed E-state index contributed by atoms with van der Waals surface area (Å²) in [4.78, 5) is 21.5. The lowest BCUT2D eigenvalue weighted by Crippen LogP contribution is -2.35. The van der Waals surface area contributed by atoms with Gasteiger partial charge in [0.2, 0.25) is 5.91 Å². The molecule has 0 unspecified atom stereocenters. The van der Waals surface area contributed by atoms with Crippen LogP contribution in [0.3, 0.4) is 0 Å². The van der Waals surface area contributed by atoms with Crippen molar-refractivity contribution < 1.29 is 24.5 Å². The molecule has 0 saturated carbocycles. The smallest absolute Gasteiger partial charge is 0.266 e. The van der Waals surface area contributed by atoms with Gasteiger partial charge in [-0.05, 0) is 29.3 Å². The lowest BCUT2D eigenvalue weighted by atomic mass is 9.95. The number of halogens is 1. The van der Waals surface area contributed by atoms with E-state index < -0.39 is 5.91 Å². The molecule has 0 bridgehead atoms. The largest absolute Gasteiger partial charge is 0.508 e. The van der Waals surface area contributed by atoms with Crippen LogP contribution in [0.2, 0.25) is 5.02 Å². The Balaban J connectivity index is 0.000000861. The predicted molar refractivity (Wildman–Crippen MR) is 119 cm³/mol. The van der Waals surface area contributed by atoms with Crippen LogP contribution in [0.4, 0.5) is 0 Å². The van der Waals surface area contributed by atoms with Crippen molar-refractivity contribution in [1.82, 2.24) is 10.9 Å². The highest BCUT2D eigenvalue weighted by Gasteiger charge is 2.18. The minimum Gasteiger partial charge on any atom is -0.508 e. The number of rotatable bonds is 8. The molecular formula is C21H27ClN4O5. The fourth-order valence-corrected chi connectivity index (χ4v) is 2.65. The number of hydrogen-bond donors (Lipinski definition) is 6. The molecule has 2 rings (SSSR count). The van der Waals surface area contributed by atoms with E-state index in [0.717, 1.165) is 6.07 Å². The van der Waals surface area contributed by atoms with Crippen LogP contribution in [0.25, 0.3) is 5.57 Å². The number of ether oxygens (including phenoxy) is 1. The molecule has 0 spiro atoms. The lowest BCUT2D eigenvalue weighted by Gasteiger charge is -2.16. The van der Waals surface area contributed by atoms with Gasteiger partial charge >= 0.3 is 0 Å². The molecule has 0 saturated heterocycles. The number of phenolic OH excluding ortho intramolecular Hbond substituents is 2. The van der Waals surface area contributed by atoms with Crippen LogP contribution in [0.15, 0.2) is 42.1 Å². The van der Waals surface area contributed by atoms with E-state index in [9.17, 15) is 19.8 Å². The number of carbonyl (C=O) groups is 2. The molecule has 9 nitrogen and oxygen atoms in total. The van der Waals surface area contributed by atoms with Crippen molar-refractivity contribution in [2.75, 3.05) is 14.2 Å². The van der Waals surface area contributed by atoms with Crippen molar-refractivity contribution in [3.05, 3.63) is 58.2 Å². The van der Waals surface area contributed by atoms with Gasteiger partial charge in [0.25, 0.3) is 5.91 Å². The summed E-state index contributed by atoms with van der Waals surface area (Å²) < 4.78 is 5.15. The first-order valence-electron chi connectivity index (χ1n) is 9.23. The van der Waals surface area contributed by atoms with Gasteiger partial charge < -0.3 is 31.8 Å². The van der Waals surface area contributed by atoms with E-state index >= 15 is 0 Å². The standard InChI is InChI=1S/C18H20ClN3O4.C3H7NO/c1-21-22-17(18(20)25)13(10-3-5-12(26-2)6-4-10)7-11-8-14(19)16(24)9-15(11)23;1-2-3(4)5/h3-6,8-9,21-24H,7H2,1-2H3,(H2,20,25);2H2,1H3,(H2,4,5)/b17-13+;. The molecule has 168 valence electrons. The van der Waals surface area contributed by atoms with Gasteiger partial charge in [-0.25, -0.2) is 5.43 Å². The van der Waals surface area contributed by atoms with E-state index in [1.54, 1.807) is 45.3 Å². The number of aromatic hydroxyl groups is 2. The summed E-state index contributed by atoms with van der Waals surface area (Å²) in [6, 6.07) is 9.63. The number of benzene rings is 2. The van der Waals surface area contributed by atoms with Crippen LogP contribution < -0.4 is 27.1 Å². The van der Waals surface area contributed by atoms with Crippen molar-refractivity contribution in [2.45, 2.75) is 19.8 Å². The van der Waals surface area contributed by atoms with E-state index in [0.29, 0.717) is 28.9 Å². The zero-order chi connectivity index (χ0) is 23.6. The number of primary amides is 2. The maximum Gasteiger partial charge on any atom is 0.266 e. The molecule has 0 aliphatic rings. The summed E-state index contributed by atoms with van der Waals surface area (Å²) in [6.07, 6.45) is 0.588. The number of carbonyl (C=O) groups excluding carboxylic acids is 2. The predicted octanol–water partition coefficient (Wildman–Crippen LogP) is 1.80. The van der Waals surface area contributed by atoms with Crippen molar-refractivity contribution >= 4 is 29.0 Å². The summed E-state index contributed by atoms with van der Waals surface area (Å²) >= 11 is 5.94. The molecule has 0 fully saturated rings. The van der Waals surface area contributed by atoms with Crippen molar-refractivity contribution in [2.24, 2.45) is 11.5 Å². The zero-order valence-corrected chi connectivity index (χ0v) is 18.3. The second-order valence-corrected chi connectivity index (χ2v) is 6.66. The van der Waals surface area contributed by atoms with Crippen molar-refractivity contribution in [3.63, 3.8) is 0 Å². The molecule has 10 heteroatoms. The van der Waals surface area contributed by atoms with Crippen molar-refractivity contribution in [3.8, 4) is 17.2 Å². The van der Waals surface area contributed by atoms with Gasteiger partial charge in [0.1, 0.15) is 22.9 Å². The molecule has 0 aliphatic carbocycles. The molecule has 0 radical (unpaired) electrons. The first-order chi connectivity index (χ1) is 14.6. The normalized spacial score (nSPS) is 11.0. The monoisotopic (exact) mass is 450 g/mol. The average molecular weight is 451 g/mol. The maximum absolute atomic E-state index is 11.9. The summed E-state index contributed by atoms with van der Waals surface area (Å²) in [5.74, 6) is -0.636. The zero-order valence-electron chi connectivity index (χ0n) is 17.5. The Kier molecular flexibility index (Phi) is 10.2. The van der Waals surface area contributed by atoms with Crippen LogP contribution in [0, 0.1) is 0 Å². The third-order valence-electron chi connectivity index (χ3n) is 4.10. The van der Waals surface area contributed by atoms with E-state index in [1.165, 1.54) is 6.07 Å². The molecule has 0 atom stereocenters. The number of hydrazine groups is 1. The maximum atomic E-state index is 11.9. The number of phenols is 2. The SMILES string of the molecule is CCC(N)=O.CNN/C(C(N)=O)=C(\Cc1cc(Cl)c(O)cc1O)c1ccc(OC)cc1. The Bertz CT molecular complexity index is 946. The summed E-state index contributed by atoms with van der Waals surface area (Å²) in [5, 5.41) is 19.8. The van der Waals surface area contributed by atoms with Gasteiger partial charge in [-0.2, -0.15) is 0 Å². The molecule has 2 amide bonds. The van der Waals surface area contributed by atoms with Crippen LogP contribution >= 0.6 is 11.6 Å². The van der Waals surface area contributed by atoms with E-state index in [-0.39, 0.29) is 34.5 Å². The first-order valence-corrected chi connectivity index (χ1v) is 9.61. The third-order valence-corrected chi connectivity index (χ3v) is 4.40. The third kappa shape index (κ3) is 7.72. The second kappa shape index (κ2) is 12.3. The number of nitrogens with two attached hydrogens (primary N) is 2. The van der Waals surface area contributed by atoms with E-state index in [4.69, 9.17) is 22.1 Å². The summed E-state index contributed by atoms with van der Waals surface area (Å²) in [5.41, 5.74) is 17.4. The Hall–Kier alpha value is -3.43. The van der Waals surface area contributed by atoms with Gasteiger partial charge in [0.05, 0.1) is 12.1 Å². The van der Waals surface area contributed by atoms with Gasteiger partial charge in [-0.15, -0.1) is 0 Å². The minimum atomic E-state index is -0.672. The van der Waals surface area contributed by atoms with E-state index in [1.807, 2.05) is 0 Å². The Morgan fingerprint density at radius 2 is 1.68 bits per heavy atom. The summed E-state index contributed by atoms with van der Waals surface area (Å²) in [6.45, 7) is 1.72. The highest BCUT2D eigenvalue weighted by Crippen LogP contribution is 2.34. The number of nitrogens with one attached hydrogen (secondary N) is 2. The van der Waals surface area contributed by atoms with Gasteiger partial charge in [0.15, 0.2) is 0 Å². The van der Waals surface area contributed by atoms with Crippen LogP contribution in [0.1, 0.15) is 24.5 Å². The molecular weight excluding hydrogens is 424 g/mol.